The summed E-state index contributed by atoms with van der Waals surface area (Å²) in [6, 6.07) is 1.91. The number of hydrogen-bond acceptors (Lipinski definition) is 2. The second-order valence-electron chi connectivity index (χ2n) is 3.84. The van der Waals surface area contributed by atoms with E-state index in [9.17, 15) is 4.79 Å². The van der Waals surface area contributed by atoms with Crippen LogP contribution in [0.15, 0.2) is 21.2 Å². The van der Waals surface area contributed by atoms with E-state index in [1.807, 2.05) is 19.9 Å². The molecule has 1 aromatic carbocycles. The van der Waals surface area contributed by atoms with Crippen molar-refractivity contribution < 1.29 is 14.3 Å². The molecule has 1 aromatic heterocycles. The van der Waals surface area contributed by atoms with Gasteiger partial charge < -0.3 is 9.52 Å². The molecular formula is C12H11BrO3. The Balaban J connectivity index is 2.71. The topological polar surface area (TPSA) is 50.4 Å². The quantitative estimate of drug-likeness (QED) is 0.918. The molecule has 0 aliphatic carbocycles. The maximum atomic E-state index is 10.7. The largest absolute Gasteiger partial charge is 0.481 e. The standard InChI is InChI=1S/C12H11BrO3/c1-6-3-9-11(7(2)12(6)13)8(5-16-9)4-10(14)15/h3,5H,4H2,1-2H3,(H,14,15). The Bertz CT molecular complexity index is 569. The van der Waals surface area contributed by atoms with Gasteiger partial charge in [-0.1, -0.05) is 15.9 Å². The number of furan rings is 1. The van der Waals surface area contributed by atoms with Gasteiger partial charge in [0.1, 0.15) is 5.58 Å². The molecule has 1 heterocycles. The lowest BCUT2D eigenvalue weighted by atomic mass is 10.0. The average molecular weight is 283 g/mol. The molecule has 0 radical (unpaired) electrons. The van der Waals surface area contributed by atoms with Crippen molar-refractivity contribution in [3.05, 3.63) is 33.5 Å². The summed E-state index contributed by atoms with van der Waals surface area (Å²) in [5.41, 5.74) is 3.58. The summed E-state index contributed by atoms with van der Waals surface area (Å²) in [6.45, 7) is 3.94. The van der Waals surface area contributed by atoms with Crippen molar-refractivity contribution in [1.29, 1.82) is 0 Å². The van der Waals surface area contributed by atoms with Crippen LogP contribution in [0.1, 0.15) is 16.7 Å². The van der Waals surface area contributed by atoms with Gasteiger partial charge in [-0.3, -0.25) is 4.79 Å². The fourth-order valence-electron chi connectivity index (χ4n) is 1.90. The van der Waals surface area contributed by atoms with Gasteiger partial charge in [0, 0.05) is 15.4 Å². The Kier molecular flexibility index (Phi) is 2.76. The zero-order valence-corrected chi connectivity index (χ0v) is 10.6. The van der Waals surface area contributed by atoms with Gasteiger partial charge in [0.15, 0.2) is 0 Å². The van der Waals surface area contributed by atoms with Crippen molar-refractivity contribution in [1.82, 2.24) is 0 Å². The first-order chi connectivity index (χ1) is 7.50. The highest BCUT2D eigenvalue weighted by atomic mass is 79.9. The van der Waals surface area contributed by atoms with Crippen LogP contribution in [-0.4, -0.2) is 11.1 Å². The number of hydrogen-bond donors (Lipinski definition) is 1. The van der Waals surface area contributed by atoms with Crippen LogP contribution in [0.3, 0.4) is 0 Å². The van der Waals surface area contributed by atoms with Crippen LogP contribution in [0.25, 0.3) is 11.0 Å². The predicted molar refractivity (Wildman–Crippen MR) is 64.7 cm³/mol. The summed E-state index contributed by atoms with van der Waals surface area (Å²) in [5, 5.41) is 9.71. The fraction of sp³-hybridized carbons (Fsp3) is 0.250. The van der Waals surface area contributed by atoms with E-state index in [-0.39, 0.29) is 6.42 Å². The number of aryl methyl sites for hydroxylation is 2. The highest BCUT2D eigenvalue weighted by molar-refractivity contribution is 9.10. The number of aliphatic carboxylic acids is 1. The van der Waals surface area contributed by atoms with Crippen molar-refractivity contribution in [3.63, 3.8) is 0 Å². The lowest BCUT2D eigenvalue weighted by Crippen LogP contribution is -1.99. The molecular weight excluding hydrogens is 272 g/mol. The van der Waals surface area contributed by atoms with E-state index in [2.05, 4.69) is 15.9 Å². The number of carboxylic acids is 1. The maximum absolute atomic E-state index is 10.7. The number of benzene rings is 1. The lowest BCUT2D eigenvalue weighted by molar-refractivity contribution is -0.136. The minimum atomic E-state index is -0.848. The highest BCUT2D eigenvalue weighted by Crippen LogP contribution is 2.32. The second kappa shape index (κ2) is 3.94. The molecule has 0 spiro atoms. The molecule has 0 fully saturated rings. The van der Waals surface area contributed by atoms with Crippen LogP contribution in [-0.2, 0) is 11.2 Å². The fourth-order valence-corrected chi connectivity index (χ4v) is 2.21. The summed E-state index contributed by atoms with van der Waals surface area (Å²) < 4.78 is 6.39. The molecule has 0 aliphatic rings. The lowest BCUT2D eigenvalue weighted by Gasteiger charge is -2.04. The zero-order chi connectivity index (χ0) is 11.9. The molecule has 1 N–H and O–H groups in total. The predicted octanol–water partition coefficient (Wildman–Crippen LogP) is 3.44. The number of carboxylic acid groups (broad SMARTS) is 1. The highest BCUT2D eigenvalue weighted by Gasteiger charge is 2.14. The smallest absolute Gasteiger partial charge is 0.307 e. The first-order valence-electron chi connectivity index (χ1n) is 4.88. The van der Waals surface area contributed by atoms with Gasteiger partial charge >= 0.3 is 5.97 Å². The molecule has 2 rings (SSSR count). The molecule has 3 nitrogen and oxygen atoms in total. The molecule has 2 aromatic rings. The van der Waals surface area contributed by atoms with Crippen molar-refractivity contribution in [3.8, 4) is 0 Å². The van der Waals surface area contributed by atoms with E-state index < -0.39 is 5.97 Å². The van der Waals surface area contributed by atoms with E-state index in [1.54, 1.807) is 0 Å². The molecule has 0 atom stereocenters. The van der Waals surface area contributed by atoms with Gasteiger partial charge in [-0.05, 0) is 31.0 Å². The van der Waals surface area contributed by atoms with Crippen LogP contribution in [0.5, 0.6) is 0 Å². The van der Waals surface area contributed by atoms with Gasteiger partial charge in [-0.2, -0.15) is 0 Å². The third-order valence-electron chi connectivity index (χ3n) is 2.64. The van der Waals surface area contributed by atoms with Crippen LogP contribution >= 0.6 is 15.9 Å². The Morgan fingerprint density at radius 3 is 2.81 bits per heavy atom. The van der Waals surface area contributed by atoms with Gasteiger partial charge in [-0.25, -0.2) is 0 Å². The number of halogens is 1. The molecule has 16 heavy (non-hydrogen) atoms. The van der Waals surface area contributed by atoms with Crippen LogP contribution < -0.4 is 0 Å². The number of rotatable bonds is 2. The summed E-state index contributed by atoms with van der Waals surface area (Å²) >= 11 is 3.50. The van der Waals surface area contributed by atoms with Crippen molar-refractivity contribution in [2.24, 2.45) is 0 Å². The second-order valence-corrected chi connectivity index (χ2v) is 4.63. The van der Waals surface area contributed by atoms with Crippen molar-refractivity contribution >= 4 is 32.9 Å². The first kappa shape index (κ1) is 11.2. The van der Waals surface area contributed by atoms with Crippen LogP contribution in [0.4, 0.5) is 0 Å². The van der Waals surface area contributed by atoms with Crippen molar-refractivity contribution in [2.75, 3.05) is 0 Å². The molecule has 0 amide bonds. The van der Waals surface area contributed by atoms with Crippen LogP contribution in [0, 0.1) is 13.8 Å². The Hall–Kier alpha value is -1.29. The van der Waals surface area contributed by atoms with Gasteiger partial charge in [-0.15, -0.1) is 0 Å². The molecule has 0 saturated heterocycles. The van der Waals surface area contributed by atoms with Gasteiger partial charge in [0.2, 0.25) is 0 Å². The summed E-state index contributed by atoms with van der Waals surface area (Å²) in [7, 11) is 0. The monoisotopic (exact) mass is 282 g/mol. The minimum absolute atomic E-state index is 0.0106. The maximum Gasteiger partial charge on any atom is 0.307 e. The van der Waals surface area contributed by atoms with E-state index in [0.29, 0.717) is 0 Å². The molecule has 84 valence electrons. The van der Waals surface area contributed by atoms with Gasteiger partial charge in [0.05, 0.1) is 12.7 Å². The zero-order valence-electron chi connectivity index (χ0n) is 9.00. The third-order valence-corrected chi connectivity index (χ3v) is 3.86. The van der Waals surface area contributed by atoms with Crippen LogP contribution in [0.2, 0.25) is 0 Å². The summed E-state index contributed by atoms with van der Waals surface area (Å²) in [5.74, 6) is -0.848. The molecule has 0 saturated carbocycles. The number of carbonyl (C=O) groups is 1. The molecule has 0 bridgehead atoms. The third kappa shape index (κ3) is 1.73. The SMILES string of the molecule is Cc1cc2occ(CC(=O)O)c2c(C)c1Br. The normalized spacial score (nSPS) is 10.9. The van der Waals surface area contributed by atoms with Crippen molar-refractivity contribution in [2.45, 2.75) is 20.3 Å². The first-order valence-corrected chi connectivity index (χ1v) is 5.67. The Morgan fingerprint density at radius 1 is 1.50 bits per heavy atom. The molecule has 4 heteroatoms. The Morgan fingerprint density at radius 2 is 2.19 bits per heavy atom. The minimum Gasteiger partial charge on any atom is -0.481 e. The average Bonchev–Trinajstić information content (AvgIpc) is 2.57. The molecule has 0 aliphatic heterocycles. The summed E-state index contributed by atoms with van der Waals surface area (Å²) in [4.78, 5) is 10.7. The van der Waals surface area contributed by atoms with E-state index in [4.69, 9.17) is 9.52 Å². The Labute approximate surface area is 101 Å². The van der Waals surface area contributed by atoms with E-state index in [0.717, 1.165) is 32.1 Å². The molecule has 0 unspecified atom stereocenters. The van der Waals surface area contributed by atoms with Gasteiger partial charge in [0.25, 0.3) is 0 Å². The van der Waals surface area contributed by atoms with E-state index >= 15 is 0 Å². The summed E-state index contributed by atoms with van der Waals surface area (Å²) in [6.07, 6.45) is 1.51. The number of fused-ring (bicyclic) bond motifs is 1. The van der Waals surface area contributed by atoms with E-state index in [1.165, 1.54) is 6.26 Å².